The molecular formula is C64H58O17. The van der Waals surface area contributed by atoms with Gasteiger partial charge in [-0.25, -0.2) is 19.2 Å². The molecule has 81 heavy (non-hydrogen) atoms. The highest BCUT2D eigenvalue weighted by Gasteiger charge is 2.58. The van der Waals surface area contributed by atoms with Crippen LogP contribution in [0, 0.1) is 0 Å². The van der Waals surface area contributed by atoms with Gasteiger partial charge in [0.1, 0.15) is 30.5 Å². The summed E-state index contributed by atoms with van der Waals surface area (Å²) >= 11 is 0. The Hall–Kier alpha value is -8.84. The quantitative estimate of drug-likeness (QED) is 0.0397. The van der Waals surface area contributed by atoms with Gasteiger partial charge in [-0.15, -0.1) is 0 Å². The average Bonchev–Trinajstić information content (AvgIpc) is 3.55. The Labute approximate surface area is 467 Å². The first-order valence-corrected chi connectivity index (χ1v) is 26.1. The van der Waals surface area contributed by atoms with Crippen molar-refractivity contribution in [3.05, 3.63) is 251 Å². The van der Waals surface area contributed by atoms with E-state index in [1.807, 2.05) is 91.0 Å². The monoisotopic (exact) mass is 1100 g/mol. The molecule has 0 unspecified atom stereocenters. The summed E-state index contributed by atoms with van der Waals surface area (Å²) in [7, 11) is 1.30. The Morgan fingerprint density at radius 1 is 0.370 bits per heavy atom. The lowest BCUT2D eigenvalue weighted by Gasteiger charge is -2.49. The van der Waals surface area contributed by atoms with Crippen molar-refractivity contribution >= 4 is 35.8 Å². The number of hydrogen-bond donors (Lipinski definition) is 0. The molecule has 0 radical (unpaired) electrons. The fourth-order valence-corrected chi connectivity index (χ4v) is 9.78. The van der Waals surface area contributed by atoms with Gasteiger partial charge < -0.3 is 52.1 Å². The lowest BCUT2D eigenvalue weighted by Crippen LogP contribution is -2.67. The van der Waals surface area contributed by atoms with Crippen LogP contribution in [0.2, 0.25) is 0 Å². The Morgan fingerprint density at radius 2 is 0.691 bits per heavy atom. The summed E-state index contributed by atoms with van der Waals surface area (Å²) in [5, 5.41) is 0. The maximum atomic E-state index is 14.5. The van der Waals surface area contributed by atoms with Gasteiger partial charge in [0.15, 0.2) is 43.1 Å². The molecule has 7 aromatic rings. The number of benzene rings is 7. The highest BCUT2D eigenvalue weighted by molar-refractivity contribution is 5.91. The molecule has 416 valence electrons. The smallest absolute Gasteiger partial charge is 0.338 e. The highest BCUT2D eigenvalue weighted by atomic mass is 16.8. The van der Waals surface area contributed by atoms with Gasteiger partial charge in [0.05, 0.1) is 28.9 Å². The van der Waals surface area contributed by atoms with Crippen LogP contribution in [0.25, 0.3) is 0 Å². The number of rotatable bonds is 20. The van der Waals surface area contributed by atoms with E-state index in [2.05, 4.69) is 0 Å². The van der Waals surface area contributed by atoms with Crippen LogP contribution in [0.1, 0.15) is 72.0 Å². The molecule has 2 fully saturated rings. The first-order valence-electron chi connectivity index (χ1n) is 26.1. The molecule has 0 N–H and O–H groups in total. The molecule has 2 heterocycles. The third-order valence-corrected chi connectivity index (χ3v) is 13.5. The van der Waals surface area contributed by atoms with Crippen molar-refractivity contribution in [3.63, 3.8) is 0 Å². The number of hydrogen-bond acceptors (Lipinski definition) is 17. The normalized spacial score (nSPS) is 22.5. The van der Waals surface area contributed by atoms with Gasteiger partial charge in [-0.05, 0) is 65.2 Å². The molecule has 10 atom stereocenters. The topological polar surface area (TPSA) is 204 Å². The van der Waals surface area contributed by atoms with Crippen molar-refractivity contribution in [2.45, 2.75) is 80.9 Å². The lowest BCUT2D eigenvalue weighted by atomic mass is 9.80. The van der Waals surface area contributed by atoms with Gasteiger partial charge >= 0.3 is 35.8 Å². The van der Waals surface area contributed by atoms with Crippen molar-refractivity contribution < 1.29 is 80.9 Å². The number of carbonyl (C=O) groups excluding carboxylic acids is 6. The van der Waals surface area contributed by atoms with Gasteiger partial charge in [-0.3, -0.25) is 9.59 Å². The Kier molecular flexibility index (Phi) is 18.9. The van der Waals surface area contributed by atoms with Crippen molar-refractivity contribution in [1.82, 2.24) is 0 Å². The van der Waals surface area contributed by atoms with Crippen LogP contribution in [0.4, 0.5) is 0 Å². The minimum absolute atomic E-state index is 0.0400. The summed E-state index contributed by atoms with van der Waals surface area (Å²) in [6, 6.07) is 60.0. The van der Waals surface area contributed by atoms with E-state index in [-0.39, 0.29) is 28.9 Å². The molecule has 0 aliphatic carbocycles. The summed E-state index contributed by atoms with van der Waals surface area (Å²) in [4.78, 5) is 83.7. The summed E-state index contributed by atoms with van der Waals surface area (Å²) in [5.74, 6) is -5.32. The molecule has 9 rings (SSSR count). The fourth-order valence-electron chi connectivity index (χ4n) is 9.78. The number of ether oxygens (including phenoxy) is 11. The van der Waals surface area contributed by atoms with Crippen LogP contribution in [0.3, 0.4) is 0 Å². The molecule has 7 aromatic carbocycles. The van der Waals surface area contributed by atoms with Crippen molar-refractivity contribution in [3.8, 4) is 0 Å². The van der Waals surface area contributed by atoms with Gasteiger partial charge in [0.25, 0.3) is 0 Å². The highest BCUT2D eigenvalue weighted by Crippen LogP contribution is 2.42. The standard InChI is InChI=1S/C64H58O17/c1-41(65)74-52-51(40-73-64(47-33-19-8-20-34-47,48-35-21-9-22-36-48)49-37-23-10-24-38-49)76-62(71-3)56(75-42(2)66)55(52)81-63-57(80-61(70)46-31-17-7-18-32-46)54(79-60(69)45-29-15-6-16-30-45)53(78-59(68)44-27-13-5-14-28-44)50(77-63)39-72-58(67)43-25-11-4-12-26-43/h4-38,50-57,62-63H,39-40H2,1-3H3/t50-,51-,52-,53-,54+,55+,56+,57+,62+,63-/m1/s1. The summed E-state index contributed by atoms with van der Waals surface area (Å²) < 4.78 is 70.3. The predicted molar refractivity (Wildman–Crippen MR) is 289 cm³/mol. The molecule has 0 spiro atoms. The van der Waals surface area contributed by atoms with Gasteiger partial charge in [0, 0.05) is 21.0 Å². The number of esters is 6. The third-order valence-electron chi connectivity index (χ3n) is 13.5. The molecule has 0 bridgehead atoms. The largest absolute Gasteiger partial charge is 0.459 e. The van der Waals surface area contributed by atoms with Crippen LogP contribution >= 0.6 is 0 Å². The van der Waals surface area contributed by atoms with Crippen LogP contribution in [-0.2, 0) is 67.3 Å². The van der Waals surface area contributed by atoms with E-state index >= 15 is 0 Å². The van der Waals surface area contributed by atoms with E-state index in [4.69, 9.17) is 52.1 Å². The predicted octanol–water partition coefficient (Wildman–Crippen LogP) is 8.87. The van der Waals surface area contributed by atoms with Crippen LogP contribution in [-0.4, -0.2) is 118 Å². The van der Waals surface area contributed by atoms with E-state index in [9.17, 15) is 28.8 Å². The van der Waals surface area contributed by atoms with Crippen LogP contribution in [0.15, 0.2) is 212 Å². The maximum Gasteiger partial charge on any atom is 0.338 e. The van der Waals surface area contributed by atoms with Crippen molar-refractivity contribution in [1.29, 1.82) is 0 Å². The first-order chi connectivity index (χ1) is 39.4. The molecule has 17 nitrogen and oxygen atoms in total. The second kappa shape index (κ2) is 26.9. The zero-order chi connectivity index (χ0) is 56.7. The van der Waals surface area contributed by atoms with Crippen LogP contribution in [0.5, 0.6) is 0 Å². The zero-order valence-electron chi connectivity index (χ0n) is 44.3. The summed E-state index contributed by atoms with van der Waals surface area (Å²) in [5.41, 5.74) is 1.17. The minimum atomic E-state index is -1.96. The van der Waals surface area contributed by atoms with E-state index in [0.29, 0.717) is 0 Å². The Bertz CT molecular complexity index is 3090. The molecular weight excluding hydrogens is 1040 g/mol. The lowest BCUT2D eigenvalue weighted by molar-refractivity contribution is -0.358. The second-order valence-electron chi connectivity index (χ2n) is 18.8. The minimum Gasteiger partial charge on any atom is -0.459 e. The van der Waals surface area contributed by atoms with E-state index in [1.54, 1.807) is 72.8 Å². The van der Waals surface area contributed by atoms with E-state index < -0.39 is 109 Å². The average molecular weight is 1100 g/mol. The fraction of sp³-hybridized carbons (Fsp3) is 0.250. The summed E-state index contributed by atoms with van der Waals surface area (Å²) in [6.45, 7) is 1.24. The first kappa shape index (κ1) is 56.9. The Balaban J connectivity index is 1.18. The second-order valence-corrected chi connectivity index (χ2v) is 18.8. The van der Waals surface area contributed by atoms with Crippen LogP contribution < -0.4 is 0 Å². The molecule has 17 heteroatoms. The maximum absolute atomic E-state index is 14.5. The number of methoxy groups -OCH3 is 1. The zero-order valence-corrected chi connectivity index (χ0v) is 44.3. The molecule has 0 aromatic heterocycles. The van der Waals surface area contributed by atoms with E-state index in [1.165, 1.54) is 55.6 Å². The molecule has 0 saturated carbocycles. The molecule has 2 aliphatic rings. The van der Waals surface area contributed by atoms with Gasteiger partial charge in [0.2, 0.25) is 0 Å². The molecule has 0 amide bonds. The Morgan fingerprint density at radius 3 is 1.10 bits per heavy atom. The van der Waals surface area contributed by atoms with Crippen molar-refractivity contribution in [2.75, 3.05) is 20.3 Å². The molecule has 2 saturated heterocycles. The molecule has 2 aliphatic heterocycles. The van der Waals surface area contributed by atoms with Crippen molar-refractivity contribution in [2.24, 2.45) is 0 Å². The SMILES string of the molecule is CO[C@H]1O[C@H](COC(c2ccccc2)(c2ccccc2)c2ccccc2)[C@@H](OC(C)=O)[C@H](O[C@H]2O[C@H](COC(=O)c3ccccc3)[C@@H](OC(=O)c3ccccc3)[C@H](OC(=O)c3ccccc3)[C@@H]2OC(=O)c2ccccc2)[C@@H]1OC(C)=O. The third kappa shape index (κ3) is 13.6. The van der Waals surface area contributed by atoms with E-state index in [0.717, 1.165) is 30.5 Å². The number of carbonyl (C=O) groups is 6. The van der Waals surface area contributed by atoms with Gasteiger partial charge in [-0.1, -0.05) is 164 Å². The summed E-state index contributed by atoms with van der Waals surface area (Å²) in [6.07, 6.45) is -16.7. The van der Waals surface area contributed by atoms with Gasteiger partial charge in [-0.2, -0.15) is 0 Å².